The van der Waals surface area contributed by atoms with Gasteiger partial charge in [0.15, 0.2) is 9.84 Å². The van der Waals surface area contributed by atoms with Crippen LogP contribution in [0.25, 0.3) is 0 Å². The third kappa shape index (κ3) is 5.79. The van der Waals surface area contributed by atoms with Crippen LogP contribution < -0.4 is 11.1 Å². The average Bonchev–Trinajstić information content (AvgIpc) is 2.62. The zero-order valence-electron chi connectivity index (χ0n) is 12.8. The summed E-state index contributed by atoms with van der Waals surface area (Å²) in [6.07, 6.45) is 2.69. The van der Waals surface area contributed by atoms with Crippen LogP contribution in [0.2, 0.25) is 0 Å². The van der Waals surface area contributed by atoms with Gasteiger partial charge in [-0.1, -0.05) is 20.8 Å². The largest absolute Gasteiger partial charge is 0.352 e. The average molecular weight is 304 g/mol. The van der Waals surface area contributed by atoms with Gasteiger partial charge in [0.05, 0.1) is 11.5 Å². The quantitative estimate of drug-likeness (QED) is 0.768. The number of amides is 1. The molecule has 0 bridgehead atoms. The van der Waals surface area contributed by atoms with Crippen LogP contribution in [0.15, 0.2) is 0 Å². The first kappa shape index (κ1) is 17.4. The fourth-order valence-electron chi connectivity index (χ4n) is 2.73. The van der Waals surface area contributed by atoms with E-state index in [4.69, 9.17) is 5.73 Å². The predicted octanol–water partition coefficient (Wildman–Crippen LogP) is 1.08. The predicted molar refractivity (Wildman–Crippen MR) is 81.1 cm³/mol. The fraction of sp³-hybridized carbons (Fsp3) is 0.929. The van der Waals surface area contributed by atoms with E-state index in [0.29, 0.717) is 25.3 Å². The van der Waals surface area contributed by atoms with Crippen molar-refractivity contribution in [3.05, 3.63) is 0 Å². The first-order valence-electron chi connectivity index (χ1n) is 7.34. The summed E-state index contributed by atoms with van der Waals surface area (Å²) in [5, 5.41) is 2.83. The molecule has 0 saturated carbocycles. The minimum atomic E-state index is -2.94. The molecule has 20 heavy (non-hydrogen) atoms. The Kier molecular flexibility index (Phi) is 6.01. The fourth-order valence-corrected chi connectivity index (χ4v) is 4.40. The van der Waals surface area contributed by atoms with Crippen LogP contribution in [0.3, 0.4) is 0 Å². The van der Waals surface area contributed by atoms with Crippen LogP contribution in [0.5, 0.6) is 0 Å². The van der Waals surface area contributed by atoms with E-state index in [2.05, 4.69) is 26.1 Å². The smallest absolute Gasteiger partial charge is 0.220 e. The van der Waals surface area contributed by atoms with E-state index in [1.165, 1.54) is 0 Å². The second-order valence-electron chi connectivity index (χ2n) is 6.85. The van der Waals surface area contributed by atoms with Crippen molar-refractivity contribution in [2.45, 2.75) is 52.5 Å². The lowest BCUT2D eigenvalue weighted by Crippen LogP contribution is -2.36. The molecule has 0 radical (unpaired) electrons. The van der Waals surface area contributed by atoms with Gasteiger partial charge < -0.3 is 11.1 Å². The third-order valence-electron chi connectivity index (χ3n) is 4.06. The van der Waals surface area contributed by atoms with Gasteiger partial charge >= 0.3 is 0 Å². The Morgan fingerprint density at radius 2 is 2.00 bits per heavy atom. The van der Waals surface area contributed by atoms with E-state index >= 15 is 0 Å². The topological polar surface area (TPSA) is 89.3 Å². The maximum atomic E-state index is 11.9. The molecule has 2 atom stereocenters. The first-order valence-corrected chi connectivity index (χ1v) is 9.16. The highest BCUT2D eigenvalue weighted by Gasteiger charge is 2.29. The van der Waals surface area contributed by atoms with Gasteiger partial charge in [0.25, 0.3) is 0 Å². The van der Waals surface area contributed by atoms with Crippen molar-refractivity contribution in [2.24, 2.45) is 17.1 Å². The van der Waals surface area contributed by atoms with Gasteiger partial charge in [-0.3, -0.25) is 4.79 Å². The van der Waals surface area contributed by atoms with E-state index in [-0.39, 0.29) is 28.9 Å². The van der Waals surface area contributed by atoms with Crippen molar-refractivity contribution in [3.8, 4) is 0 Å². The lowest BCUT2D eigenvalue weighted by Gasteiger charge is -2.30. The Hall–Kier alpha value is -0.620. The molecule has 1 rings (SSSR count). The van der Waals surface area contributed by atoms with Crippen molar-refractivity contribution in [1.82, 2.24) is 5.32 Å². The number of nitrogens with one attached hydrogen (secondary N) is 1. The van der Waals surface area contributed by atoms with Gasteiger partial charge in [-0.25, -0.2) is 8.42 Å². The zero-order valence-corrected chi connectivity index (χ0v) is 13.6. The van der Waals surface area contributed by atoms with Gasteiger partial charge in [-0.05, 0) is 37.1 Å². The van der Waals surface area contributed by atoms with Crippen LogP contribution in [0.4, 0.5) is 0 Å². The Morgan fingerprint density at radius 3 is 2.45 bits per heavy atom. The SMILES string of the molecule is CC(C)(C)C(CCN)CCC(=O)NC1CCS(=O)(=O)C1. The molecule has 1 amide bonds. The first-order chi connectivity index (χ1) is 9.14. The van der Waals surface area contributed by atoms with Crippen molar-refractivity contribution in [1.29, 1.82) is 0 Å². The van der Waals surface area contributed by atoms with Gasteiger partial charge in [0.1, 0.15) is 0 Å². The Bertz CT molecular complexity index is 426. The molecule has 2 unspecified atom stereocenters. The summed E-state index contributed by atoms with van der Waals surface area (Å²) in [5.41, 5.74) is 5.76. The minimum absolute atomic E-state index is 0.0432. The van der Waals surface area contributed by atoms with Crippen LogP contribution in [-0.4, -0.2) is 38.4 Å². The molecule has 1 aliphatic heterocycles. The second-order valence-corrected chi connectivity index (χ2v) is 9.08. The van der Waals surface area contributed by atoms with E-state index in [1.807, 2.05) is 0 Å². The highest BCUT2D eigenvalue weighted by molar-refractivity contribution is 7.91. The summed E-state index contributed by atoms with van der Waals surface area (Å²) in [4.78, 5) is 11.9. The molecule has 0 aromatic carbocycles. The number of carbonyl (C=O) groups excluding carboxylic acids is 1. The van der Waals surface area contributed by atoms with Crippen LogP contribution in [-0.2, 0) is 14.6 Å². The number of carbonyl (C=O) groups is 1. The molecule has 3 N–H and O–H groups in total. The van der Waals surface area contributed by atoms with Gasteiger partial charge in [0.2, 0.25) is 5.91 Å². The molecule has 5 nitrogen and oxygen atoms in total. The minimum Gasteiger partial charge on any atom is -0.352 e. The number of rotatable bonds is 6. The number of nitrogens with two attached hydrogens (primary N) is 1. The molecular weight excluding hydrogens is 276 g/mol. The Labute approximate surface area is 122 Å². The van der Waals surface area contributed by atoms with Crippen molar-refractivity contribution >= 4 is 15.7 Å². The van der Waals surface area contributed by atoms with Crippen LogP contribution >= 0.6 is 0 Å². The Balaban J connectivity index is 2.39. The van der Waals surface area contributed by atoms with Crippen LogP contribution in [0.1, 0.15) is 46.5 Å². The number of hydrogen-bond acceptors (Lipinski definition) is 4. The van der Waals surface area contributed by atoms with Gasteiger partial charge in [0, 0.05) is 12.5 Å². The molecule has 1 fully saturated rings. The molecule has 0 spiro atoms. The van der Waals surface area contributed by atoms with Crippen molar-refractivity contribution in [3.63, 3.8) is 0 Å². The number of sulfone groups is 1. The second kappa shape index (κ2) is 6.89. The summed E-state index contributed by atoms with van der Waals surface area (Å²) in [7, 11) is -2.94. The summed E-state index contributed by atoms with van der Waals surface area (Å²) < 4.78 is 22.7. The molecule has 0 aliphatic carbocycles. The maximum absolute atomic E-state index is 11.9. The monoisotopic (exact) mass is 304 g/mol. The molecular formula is C14H28N2O3S. The maximum Gasteiger partial charge on any atom is 0.220 e. The van der Waals surface area contributed by atoms with E-state index in [1.54, 1.807) is 0 Å². The Morgan fingerprint density at radius 1 is 1.35 bits per heavy atom. The van der Waals surface area contributed by atoms with E-state index < -0.39 is 9.84 Å². The van der Waals surface area contributed by atoms with Crippen molar-refractivity contribution in [2.75, 3.05) is 18.1 Å². The van der Waals surface area contributed by atoms with E-state index in [9.17, 15) is 13.2 Å². The lowest BCUT2D eigenvalue weighted by atomic mass is 9.76. The van der Waals surface area contributed by atoms with E-state index in [0.717, 1.165) is 12.8 Å². The standard InChI is InChI=1S/C14H28N2O3S/c1-14(2,3)11(6-8-15)4-5-13(17)16-12-7-9-20(18,19)10-12/h11-12H,4-10,15H2,1-3H3,(H,16,17). The summed E-state index contributed by atoms with van der Waals surface area (Å²) in [5.74, 6) is 0.643. The number of hydrogen-bond donors (Lipinski definition) is 2. The van der Waals surface area contributed by atoms with Crippen molar-refractivity contribution < 1.29 is 13.2 Å². The molecule has 0 aromatic rings. The molecule has 118 valence electrons. The molecule has 1 aliphatic rings. The summed E-state index contributed by atoms with van der Waals surface area (Å²) in [6, 6.07) is -0.199. The normalized spacial score (nSPS) is 23.5. The lowest BCUT2D eigenvalue weighted by molar-refractivity contribution is -0.122. The van der Waals surface area contributed by atoms with Gasteiger partial charge in [-0.2, -0.15) is 0 Å². The third-order valence-corrected chi connectivity index (χ3v) is 5.83. The molecule has 6 heteroatoms. The molecule has 1 heterocycles. The highest BCUT2D eigenvalue weighted by atomic mass is 32.2. The molecule has 0 aromatic heterocycles. The molecule has 1 saturated heterocycles. The van der Waals surface area contributed by atoms with Crippen LogP contribution in [0, 0.1) is 11.3 Å². The zero-order chi connectivity index (χ0) is 15.4. The van der Waals surface area contributed by atoms with Gasteiger partial charge in [-0.15, -0.1) is 0 Å². The summed E-state index contributed by atoms with van der Waals surface area (Å²) in [6.45, 7) is 7.11. The summed E-state index contributed by atoms with van der Waals surface area (Å²) >= 11 is 0. The highest BCUT2D eigenvalue weighted by Crippen LogP contribution is 2.32.